The number of carbonyl (C=O) groups is 1. The molecule has 0 atom stereocenters. The molecule has 1 aromatic heterocycles. The Balaban J connectivity index is 2.33. The number of aromatic amines is 1. The summed E-state index contributed by atoms with van der Waals surface area (Å²) in [6.45, 7) is 2.33. The fourth-order valence-electron chi connectivity index (χ4n) is 1.77. The summed E-state index contributed by atoms with van der Waals surface area (Å²) in [6, 6.07) is 9.42. The molecule has 2 rings (SSSR count). The second-order valence-corrected chi connectivity index (χ2v) is 3.57. The molecule has 0 bridgehead atoms. The molecule has 0 aliphatic rings. The number of hydrogen-bond acceptors (Lipinski definition) is 2. The number of rotatable bonds is 2. The van der Waals surface area contributed by atoms with Gasteiger partial charge in [0.05, 0.1) is 0 Å². The van der Waals surface area contributed by atoms with Crippen molar-refractivity contribution in [1.82, 2.24) is 10.3 Å². The third-order valence-corrected chi connectivity index (χ3v) is 2.55. The zero-order valence-electron chi connectivity index (χ0n) is 8.87. The molecule has 2 N–H and O–H groups in total. The van der Waals surface area contributed by atoms with E-state index < -0.39 is 5.91 Å². The molecule has 2 aromatic rings. The lowest BCUT2D eigenvalue weighted by Crippen LogP contribution is -2.20. The van der Waals surface area contributed by atoms with E-state index in [0.717, 1.165) is 22.2 Å². The first-order valence-corrected chi connectivity index (χ1v) is 4.96. The van der Waals surface area contributed by atoms with Crippen molar-refractivity contribution in [3.8, 4) is 6.07 Å². The van der Waals surface area contributed by atoms with E-state index in [2.05, 4.69) is 10.3 Å². The summed E-state index contributed by atoms with van der Waals surface area (Å²) in [5.41, 5.74) is 3.08. The van der Waals surface area contributed by atoms with Crippen molar-refractivity contribution in [2.45, 2.75) is 13.5 Å². The summed E-state index contributed by atoms with van der Waals surface area (Å²) in [4.78, 5) is 14.1. The van der Waals surface area contributed by atoms with Crippen LogP contribution in [0, 0.1) is 18.3 Å². The number of aromatic nitrogens is 1. The third-order valence-electron chi connectivity index (χ3n) is 2.55. The zero-order chi connectivity index (χ0) is 11.5. The smallest absolute Gasteiger partial charge is 0.322 e. The Bertz CT molecular complexity index is 577. The van der Waals surface area contributed by atoms with E-state index in [9.17, 15) is 4.79 Å². The van der Waals surface area contributed by atoms with Gasteiger partial charge in [-0.05, 0) is 18.6 Å². The van der Waals surface area contributed by atoms with Crippen LogP contribution in [0.5, 0.6) is 0 Å². The summed E-state index contributed by atoms with van der Waals surface area (Å²) in [5, 5.41) is 12.0. The van der Waals surface area contributed by atoms with Crippen LogP contribution in [-0.4, -0.2) is 10.9 Å². The van der Waals surface area contributed by atoms with Crippen molar-refractivity contribution in [3.05, 3.63) is 35.5 Å². The second-order valence-electron chi connectivity index (χ2n) is 3.57. The second kappa shape index (κ2) is 4.07. The lowest BCUT2D eigenvalue weighted by molar-refractivity contribution is -0.116. The van der Waals surface area contributed by atoms with Gasteiger partial charge in [0.15, 0.2) is 6.07 Å². The highest BCUT2D eigenvalue weighted by atomic mass is 16.1. The van der Waals surface area contributed by atoms with Gasteiger partial charge in [-0.3, -0.25) is 4.79 Å². The van der Waals surface area contributed by atoms with Crippen LogP contribution >= 0.6 is 0 Å². The number of para-hydroxylation sites is 1. The van der Waals surface area contributed by atoms with Gasteiger partial charge in [0.1, 0.15) is 0 Å². The van der Waals surface area contributed by atoms with Crippen LogP contribution < -0.4 is 5.32 Å². The summed E-state index contributed by atoms with van der Waals surface area (Å²) in [6.07, 6.45) is 0. The molecule has 0 fully saturated rings. The van der Waals surface area contributed by atoms with Crippen LogP contribution in [-0.2, 0) is 11.3 Å². The molecule has 0 spiro atoms. The van der Waals surface area contributed by atoms with E-state index in [1.807, 2.05) is 31.2 Å². The van der Waals surface area contributed by atoms with E-state index in [1.165, 1.54) is 6.07 Å². The van der Waals surface area contributed by atoms with Gasteiger partial charge >= 0.3 is 5.91 Å². The summed E-state index contributed by atoms with van der Waals surface area (Å²) >= 11 is 0. The summed E-state index contributed by atoms with van der Waals surface area (Å²) in [5.74, 6) is -0.607. The number of aryl methyl sites for hydroxylation is 1. The van der Waals surface area contributed by atoms with Crippen molar-refractivity contribution < 1.29 is 4.79 Å². The summed E-state index contributed by atoms with van der Waals surface area (Å²) < 4.78 is 0. The number of amides is 1. The minimum atomic E-state index is -0.607. The maximum absolute atomic E-state index is 10.9. The van der Waals surface area contributed by atoms with Gasteiger partial charge in [-0.25, -0.2) is 0 Å². The fraction of sp³-hybridized carbons (Fsp3) is 0.167. The molecule has 0 saturated carbocycles. The van der Waals surface area contributed by atoms with Crippen LogP contribution in [0.4, 0.5) is 0 Å². The first kappa shape index (κ1) is 10.2. The summed E-state index contributed by atoms with van der Waals surface area (Å²) in [7, 11) is 0. The zero-order valence-corrected chi connectivity index (χ0v) is 8.87. The highest BCUT2D eigenvalue weighted by Crippen LogP contribution is 2.21. The van der Waals surface area contributed by atoms with Crippen molar-refractivity contribution in [2.75, 3.05) is 0 Å². The van der Waals surface area contributed by atoms with Gasteiger partial charge in [-0.1, -0.05) is 18.2 Å². The van der Waals surface area contributed by atoms with E-state index in [1.54, 1.807) is 0 Å². The molecule has 1 amide bonds. The lowest BCUT2D eigenvalue weighted by atomic mass is 10.1. The predicted octanol–water partition coefficient (Wildman–Crippen LogP) is 1.62. The monoisotopic (exact) mass is 213 g/mol. The topological polar surface area (TPSA) is 68.7 Å². The number of hydrogen-bond donors (Lipinski definition) is 2. The van der Waals surface area contributed by atoms with Gasteiger partial charge in [0.2, 0.25) is 0 Å². The standard InChI is InChI=1S/C12H11N3O/c1-8-10(7-14-12(16)6-13)9-4-2-3-5-11(9)15-8/h2-5,15H,7H2,1H3,(H,14,16). The maximum Gasteiger partial charge on any atom is 0.322 e. The molecule has 80 valence electrons. The van der Waals surface area contributed by atoms with E-state index in [-0.39, 0.29) is 0 Å². The average Bonchev–Trinajstić information content (AvgIpc) is 2.62. The Kier molecular flexibility index (Phi) is 2.61. The van der Waals surface area contributed by atoms with Crippen molar-refractivity contribution >= 4 is 16.8 Å². The lowest BCUT2D eigenvalue weighted by Gasteiger charge is -2.00. The molecule has 0 radical (unpaired) electrons. The van der Waals surface area contributed by atoms with Gasteiger partial charge in [-0.2, -0.15) is 5.26 Å². The molecule has 1 heterocycles. The van der Waals surface area contributed by atoms with E-state index in [4.69, 9.17) is 5.26 Å². The van der Waals surface area contributed by atoms with Crippen LogP contribution in [0.25, 0.3) is 10.9 Å². The molecule has 16 heavy (non-hydrogen) atoms. The molecule has 0 saturated heterocycles. The van der Waals surface area contributed by atoms with Gasteiger partial charge in [-0.15, -0.1) is 0 Å². The number of benzene rings is 1. The van der Waals surface area contributed by atoms with Crippen molar-refractivity contribution in [1.29, 1.82) is 5.26 Å². The first-order chi connectivity index (χ1) is 7.72. The molecule has 4 nitrogen and oxygen atoms in total. The van der Waals surface area contributed by atoms with Gasteiger partial charge in [0.25, 0.3) is 0 Å². The van der Waals surface area contributed by atoms with Crippen LogP contribution in [0.3, 0.4) is 0 Å². The molecule has 1 aromatic carbocycles. The SMILES string of the molecule is Cc1[nH]c2ccccc2c1CNC(=O)C#N. The Morgan fingerprint density at radius 3 is 3.00 bits per heavy atom. The van der Waals surface area contributed by atoms with Gasteiger partial charge in [0, 0.05) is 23.1 Å². The maximum atomic E-state index is 10.9. The van der Waals surface area contributed by atoms with Crippen molar-refractivity contribution in [2.24, 2.45) is 0 Å². The largest absolute Gasteiger partial charge is 0.358 e. The number of fused-ring (bicyclic) bond motifs is 1. The minimum absolute atomic E-state index is 0.377. The highest BCUT2D eigenvalue weighted by molar-refractivity contribution is 5.91. The third kappa shape index (κ3) is 1.75. The normalized spacial score (nSPS) is 10.0. The molecule has 0 aliphatic heterocycles. The van der Waals surface area contributed by atoms with Crippen molar-refractivity contribution in [3.63, 3.8) is 0 Å². The Labute approximate surface area is 92.9 Å². The minimum Gasteiger partial charge on any atom is -0.358 e. The number of nitrogens with zero attached hydrogens (tertiary/aromatic N) is 1. The Hall–Kier alpha value is -2.28. The molecular weight excluding hydrogens is 202 g/mol. The quantitative estimate of drug-likeness (QED) is 0.744. The molecule has 0 unspecified atom stereocenters. The average molecular weight is 213 g/mol. The molecule has 4 heteroatoms. The number of H-pyrrole nitrogens is 1. The number of carbonyl (C=O) groups excluding carboxylic acids is 1. The van der Waals surface area contributed by atoms with Crippen LogP contribution in [0.2, 0.25) is 0 Å². The molecule has 0 aliphatic carbocycles. The molecular formula is C12H11N3O. The Morgan fingerprint density at radius 1 is 1.50 bits per heavy atom. The first-order valence-electron chi connectivity index (χ1n) is 4.96. The predicted molar refractivity (Wildman–Crippen MR) is 60.5 cm³/mol. The van der Waals surface area contributed by atoms with E-state index >= 15 is 0 Å². The van der Waals surface area contributed by atoms with Crippen LogP contribution in [0.1, 0.15) is 11.3 Å². The number of nitrogens with one attached hydrogen (secondary N) is 2. The van der Waals surface area contributed by atoms with Crippen LogP contribution in [0.15, 0.2) is 24.3 Å². The van der Waals surface area contributed by atoms with Gasteiger partial charge < -0.3 is 10.3 Å². The number of nitriles is 1. The Morgan fingerprint density at radius 2 is 2.25 bits per heavy atom. The fourth-order valence-corrected chi connectivity index (χ4v) is 1.77. The highest BCUT2D eigenvalue weighted by Gasteiger charge is 2.08. The van der Waals surface area contributed by atoms with E-state index in [0.29, 0.717) is 6.54 Å².